The molecular formula is C12H15BrF3N3. The number of nitrogens with one attached hydrogen (secondary N) is 1. The first-order valence-corrected chi connectivity index (χ1v) is 6.87. The van der Waals surface area contributed by atoms with Gasteiger partial charge in [-0.15, -0.1) is 0 Å². The normalized spacial score (nSPS) is 19.4. The number of piperazine rings is 1. The molecule has 0 bridgehead atoms. The van der Waals surface area contributed by atoms with Gasteiger partial charge in [-0.3, -0.25) is 9.88 Å². The molecule has 106 valence electrons. The quantitative estimate of drug-likeness (QED) is 0.919. The highest BCUT2D eigenvalue weighted by molar-refractivity contribution is 9.10. The zero-order valence-electron chi connectivity index (χ0n) is 10.3. The fourth-order valence-corrected chi connectivity index (χ4v) is 2.66. The summed E-state index contributed by atoms with van der Waals surface area (Å²) >= 11 is 3.26. The molecule has 0 spiro atoms. The molecule has 1 aromatic rings. The van der Waals surface area contributed by atoms with Crippen LogP contribution in [0.15, 0.2) is 22.9 Å². The number of hydrogen-bond acceptors (Lipinski definition) is 3. The maximum atomic E-state index is 12.8. The van der Waals surface area contributed by atoms with E-state index in [1.54, 1.807) is 12.3 Å². The molecule has 1 atom stereocenters. The summed E-state index contributed by atoms with van der Waals surface area (Å²) in [4.78, 5) is 5.84. The van der Waals surface area contributed by atoms with Crippen LogP contribution in [0.4, 0.5) is 13.2 Å². The van der Waals surface area contributed by atoms with Gasteiger partial charge >= 0.3 is 6.18 Å². The van der Waals surface area contributed by atoms with E-state index >= 15 is 0 Å². The Balaban J connectivity index is 2.22. The first-order chi connectivity index (χ1) is 8.96. The van der Waals surface area contributed by atoms with Crippen molar-refractivity contribution in [2.75, 3.05) is 26.2 Å². The number of hydrogen-bond donors (Lipinski definition) is 1. The highest BCUT2D eigenvalue weighted by Gasteiger charge is 2.36. The lowest BCUT2D eigenvalue weighted by Crippen LogP contribution is -2.46. The molecule has 1 aliphatic rings. The minimum absolute atomic E-state index is 0.605. The van der Waals surface area contributed by atoms with Crippen LogP contribution in [0.1, 0.15) is 18.0 Å². The van der Waals surface area contributed by atoms with E-state index in [2.05, 4.69) is 26.2 Å². The fourth-order valence-electron chi connectivity index (χ4n) is 2.28. The van der Waals surface area contributed by atoms with Gasteiger partial charge in [-0.1, -0.05) is 0 Å². The Morgan fingerprint density at radius 3 is 2.58 bits per heavy atom. The van der Waals surface area contributed by atoms with Gasteiger partial charge in [-0.25, -0.2) is 0 Å². The summed E-state index contributed by atoms with van der Waals surface area (Å²) in [5, 5.41) is 3.15. The molecule has 0 aliphatic carbocycles. The Morgan fingerprint density at radius 1 is 1.32 bits per heavy atom. The van der Waals surface area contributed by atoms with E-state index in [1.165, 1.54) is 6.20 Å². The molecule has 0 amide bonds. The van der Waals surface area contributed by atoms with Crippen LogP contribution in [0.5, 0.6) is 0 Å². The second-order valence-electron chi connectivity index (χ2n) is 4.56. The molecule has 2 rings (SSSR count). The number of aromatic nitrogens is 1. The molecule has 0 saturated carbocycles. The zero-order chi connectivity index (χ0) is 13.9. The fraction of sp³-hybridized carbons (Fsp3) is 0.583. The number of halogens is 4. The van der Waals surface area contributed by atoms with Gasteiger partial charge in [0.15, 0.2) is 0 Å². The van der Waals surface area contributed by atoms with Crippen molar-refractivity contribution in [3.63, 3.8) is 0 Å². The molecule has 2 heterocycles. The van der Waals surface area contributed by atoms with E-state index in [0.717, 1.165) is 13.1 Å². The number of pyridine rings is 1. The Bertz CT molecular complexity index is 419. The average molecular weight is 338 g/mol. The predicted octanol–water partition coefficient (Wildman–Crippen LogP) is 2.74. The maximum Gasteiger partial charge on any atom is 0.390 e. The Labute approximate surface area is 118 Å². The molecule has 0 unspecified atom stereocenters. The van der Waals surface area contributed by atoms with E-state index in [9.17, 15) is 13.2 Å². The molecule has 1 fully saturated rings. The van der Waals surface area contributed by atoms with Gasteiger partial charge in [0.2, 0.25) is 0 Å². The van der Waals surface area contributed by atoms with Crippen molar-refractivity contribution in [1.29, 1.82) is 0 Å². The lowest BCUT2D eigenvalue weighted by atomic mass is 10.0. The summed E-state index contributed by atoms with van der Waals surface area (Å²) in [5.41, 5.74) is 0.605. The van der Waals surface area contributed by atoms with Crippen LogP contribution < -0.4 is 5.32 Å². The Kier molecular flexibility index (Phi) is 4.81. The van der Waals surface area contributed by atoms with Crippen molar-refractivity contribution in [3.8, 4) is 0 Å². The first kappa shape index (κ1) is 14.7. The largest absolute Gasteiger partial charge is 0.390 e. The third-order valence-corrected chi connectivity index (χ3v) is 3.56. The Morgan fingerprint density at radius 2 is 2.00 bits per heavy atom. The minimum atomic E-state index is -4.18. The zero-order valence-corrected chi connectivity index (χ0v) is 11.8. The van der Waals surface area contributed by atoms with Gasteiger partial charge < -0.3 is 5.32 Å². The molecule has 1 aliphatic heterocycles. The lowest BCUT2D eigenvalue weighted by Gasteiger charge is -2.35. The summed E-state index contributed by atoms with van der Waals surface area (Å²) in [7, 11) is 0. The molecule has 3 nitrogen and oxygen atoms in total. The summed E-state index contributed by atoms with van der Waals surface area (Å²) in [6.07, 6.45) is -1.93. The summed E-state index contributed by atoms with van der Waals surface area (Å²) in [6, 6.07) is 1.05. The monoisotopic (exact) mass is 337 g/mol. The highest BCUT2D eigenvalue weighted by atomic mass is 79.9. The first-order valence-electron chi connectivity index (χ1n) is 6.08. The maximum absolute atomic E-state index is 12.8. The Hall–Kier alpha value is -0.660. The molecule has 1 aromatic heterocycles. The third-order valence-electron chi connectivity index (χ3n) is 3.13. The standard InChI is InChI=1S/C12H15BrF3N3/c13-10-5-9(7-18-8-10)11(6-12(14,15)16)19-3-1-17-2-4-19/h5,7-8,11,17H,1-4,6H2/t11-/m0/s1. The van der Waals surface area contributed by atoms with E-state index < -0.39 is 18.6 Å². The third kappa shape index (κ3) is 4.43. The van der Waals surface area contributed by atoms with Crippen LogP contribution in [0, 0.1) is 0 Å². The molecule has 0 radical (unpaired) electrons. The molecule has 19 heavy (non-hydrogen) atoms. The second kappa shape index (κ2) is 6.19. The average Bonchev–Trinajstić information content (AvgIpc) is 2.36. The summed E-state index contributed by atoms with van der Waals surface area (Å²) in [5.74, 6) is 0. The van der Waals surface area contributed by atoms with Crippen molar-refractivity contribution in [2.45, 2.75) is 18.6 Å². The van der Waals surface area contributed by atoms with E-state index in [4.69, 9.17) is 0 Å². The van der Waals surface area contributed by atoms with Crippen LogP contribution in [-0.2, 0) is 0 Å². The molecule has 1 saturated heterocycles. The van der Waals surface area contributed by atoms with Crippen LogP contribution in [0.2, 0.25) is 0 Å². The second-order valence-corrected chi connectivity index (χ2v) is 5.47. The van der Waals surface area contributed by atoms with Crippen molar-refractivity contribution < 1.29 is 13.2 Å². The van der Waals surface area contributed by atoms with Crippen molar-refractivity contribution in [1.82, 2.24) is 15.2 Å². The van der Waals surface area contributed by atoms with Crippen molar-refractivity contribution in [2.24, 2.45) is 0 Å². The van der Waals surface area contributed by atoms with Gasteiger partial charge in [0.1, 0.15) is 0 Å². The van der Waals surface area contributed by atoms with E-state index in [1.807, 2.05) is 4.90 Å². The summed E-state index contributed by atoms with van der Waals surface area (Å²) in [6.45, 7) is 2.67. The highest BCUT2D eigenvalue weighted by Crippen LogP contribution is 2.34. The van der Waals surface area contributed by atoms with E-state index in [-0.39, 0.29) is 0 Å². The van der Waals surface area contributed by atoms with E-state index in [0.29, 0.717) is 23.1 Å². The SMILES string of the molecule is FC(F)(F)C[C@@H](c1cncc(Br)c1)N1CCNCC1. The van der Waals surface area contributed by atoms with Crippen LogP contribution >= 0.6 is 15.9 Å². The topological polar surface area (TPSA) is 28.2 Å². The molecular weight excluding hydrogens is 323 g/mol. The number of nitrogens with zero attached hydrogens (tertiary/aromatic N) is 2. The van der Waals surface area contributed by atoms with Crippen LogP contribution in [-0.4, -0.2) is 42.2 Å². The van der Waals surface area contributed by atoms with Gasteiger partial charge in [0, 0.05) is 49.1 Å². The van der Waals surface area contributed by atoms with Gasteiger partial charge in [-0.05, 0) is 27.6 Å². The molecule has 7 heteroatoms. The molecule has 1 N–H and O–H groups in total. The predicted molar refractivity (Wildman–Crippen MR) is 69.8 cm³/mol. The van der Waals surface area contributed by atoms with Gasteiger partial charge in [0.25, 0.3) is 0 Å². The smallest absolute Gasteiger partial charge is 0.314 e. The summed E-state index contributed by atoms with van der Waals surface area (Å²) < 4.78 is 39.0. The van der Waals surface area contributed by atoms with Crippen LogP contribution in [0.3, 0.4) is 0 Å². The van der Waals surface area contributed by atoms with Gasteiger partial charge in [0.05, 0.1) is 6.42 Å². The number of alkyl halides is 3. The minimum Gasteiger partial charge on any atom is -0.314 e. The van der Waals surface area contributed by atoms with Gasteiger partial charge in [-0.2, -0.15) is 13.2 Å². The number of rotatable bonds is 3. The van der Waals surface area contributed by atoms with Crippen molar-refractivity contribution in [3.05, 3.63) is 28.5 Å². The molecule has 0 aromatic carbocycles. The van der Waals surface area contributed by atoms with Crippen LogP contribution in [0.25, 0.3) is 0 Å². The van der Waals surface area contributed by atoms with Crippen molar-refractivity contribution >= 4 is 15.9 Å². The lowest BCUT2D eigenvalue weighted by molar-refractivity contribution is -0.148.